The lowest BCUT2D eigenvalue weighted by atomic mass is 10.1. The van der Waals surface area contributed by atoms with Gasteiger partial charge in [0.15, 0.2) is 0 Å². The van der Waals surface area contributed by atoms with Crippen LogP contribution in [0.2, 0.25) is 0 Å². The number of halogens is 1. The lowest BCUT2D eigenvalue weighted by molar-refractivity contribution is 0.0648. The molecule has 6 nitrogen and oxygen atoms in total. The zero-order valence-electron chi connectivity index (χ0n) is 14.4. The Balaban J connectivity index is 1.86. The van der Waals surface area contributed by atoms with Crippen LogP contribution in [0.15, 0.2) is 24.3 Å². The molecule has 1 aliphatic heterocycles. The number of benzene rings is 1. The zero-order chi connectivity index (χ0) is 18.4. The highest BCUT2D eigenvalue weighted by Gasteiger charge is 2.35. The van der Waals surface area contributed by atoms with E-state index >= 15 is 0 Å². The van der Waals surface area contributed by atoms with Crippen molar-refractivity contribution in [1.29, 1.82) is 0 Å². The van der Waals surface area contributed by atoms with E-state index in [0.29, 0.717) is 11.1 Å². The molecule has 0 saturated carbocycles. The molecule has 1 aromatic carbocycles. The van der Waals surface area contributed by atoms with Gasteiger partial charge in [0, 0.05) is 6.54 Å². The van der Waals surface area contributed by atoms with E-state index in [9.17, 15) is 18.5 Å². The van der Waals surface area contributed by atoms with Crippen molar-refractivity contribution >= 4 is 19.4 Å². The quantitative estimate of drug-likeness (QED) is 0.464. The number of alkyl halides is 1. The highest BCUT2D eigenvalue weighted by molar-refractivity contribution is 7.53. The van der Waals surface area contributed by atoms with Gasteiger partial charge in [-0.1, -0.05) is 12.1 Å². The van der Waals surface area contributed by atoms with Crippen molar-refractivity contribution in [3.8, 4) is 0 Å². The Bertz CT molecular complexity index is 636. The number of carbonyl (C=O) groups is 2. The van der Waals surface area contributed by atoms with Gasteiger partial charge in [-0.05, 0) is 38.8 Å². The normalized spacial score (nSPS) is 15.6. The van der Waals surface area contributed by atoms with Crippen LogP contribution in [0.3, 0.4) is 0 Å². The molecule has 0 spiro atoms. The summed E-state index contributed by atoms with van der Waals surface area (Å²) in [6.45, 7) is 3.82. The average molecular weight is 371 g/mol. The number of nitrogens with zero attached hydrogens (tertiary/aromatic N) is 1. The Labute approximate surface area is 146 Å². The van der Waals surface area contributed by atoms with E-state index in [1.54, 1.807) is 38.1 Å². The number of hydrogen-bond acceptors (Lipinski definition) is 5. The molecule has 0 aromatic heterocycles. The van der Waals surface area contributed by atoms with E-state index < -0.39 is 13.8 Å². The van der Waals surface area contributed by atoms with Gasteiger partial charge in [-0.15, -0.1) is 0 Å². The lowest BCUT2D eigenvalue weighted by Gasteiger charge is -2.19. The molecule has 0 aliphatic carbocycles. The lowest BCUT2D eigenvalue weighted by Crippen LogP contribution is -2.31. The summed E-state index contributed by atoms with van der Waals surface area (Å²) in [5.74, 6) is -0.712. The molecule has 2 rings (SSSR count). The molecular weight excluding hydrogens is 348 g/mol. The highest BCUT2D eigenvalue weighted by atomic mass is 31.2. The summed E-state index contributed by atoms with van der Waals surface area (Å²) in [6.07, 6.45) is -1.36. The smallest absolute Gasteiger partial charge is 0.309 e. The first kappa shape index (κ1) is 19.8. The van der Waals surface area contributed by atoms with Crippen LogP contribution in [0.5, 0.6) is 0 Å². The Morgan fingerprint density at radius 1 is 1.08 bits per heavy atom. The van der Waals surface area contributed by atoms with Crippen molar-refractivity contribution in [2.24, 2.45) is 0 Å². The Morgan fingerprint density at radius 3 is 2.08 bits per heavy atom. The maximum absolute atomic E-state index is 14.2. The topological polar surface area (TPSA) is 72.9 Å². The summed E-state index contributed by atoms with van der Waals surface area (Å²) < 4.78 is 36.6. The molecule has 1 atom stereocenters. The first-order chi connectivity index (χ1) is 11.9. The van der Waals surface area contributed by atoms with Crippen molar-refractivity contribution < 1.29 is 27.6 Å². The van der Waals surface area contributed by atoms with Crippen molar-refractivity contribution in [2.45, 2.75) is 32.9 Å². The number of imide groups is 1. The Morgan fingerprint density at radius 2 is 1.60 bits per heavy atom. The second kappa shape index (κ2) is 8.70. The molecule has 0 bridgehead atoms. The van der Waals surface area contributed by atoms with Crippen molar-refractivity contribution in [2.75, 3.05) is 25.9 Å². The summed E-state index contributed by atoms with van der Waals surface area (Å²) in [7, 11) is -3.44. The Hall–Kier alpha value is -1.56. The molecule has 0 saturated heterocycles. The first-order valence-electron chi connectivity index (χ1n) is 8.39. The predicted octanol–water partition coefficient (Wildman–Crippen LogP) is 3.67. The summed E-state index contributed by atoms with van der Waals surface area (Å²) >= 11 is 0. The molecule has 1 aromatic rings. The predicted molar refractivity (Wildman–Crippen MR) is 91.7 cm³/mol. The van der Waals surface area contributed by atoms with E-state index in [1.807, 2.05) is 0 Å². The van der Waals surface area contributed by atoms with Crippen LogP contribution >= 0.6 is 7.60 Å². The summed E-state index contributed by atoms with van der Waals surface area (Å²) in [6, 6.07) is 6.61. The fourth-order valence-electron chi connectivity index (χ4n) is 2.78. The van der Waals surface area contributed by atoms with Gasteiger partial charge in [-0.25, -0.2) is 4.39 Å². The number of hydrogen-bond donors (Lipinski definition) is 0. The zero-order valence-corrected chi connectivity index (χ0v) is 15.3. The van der Waals surface area contributed by atoms with Gasteiger partial charge in [0.25, 0.3) is 11.8 Å². The van der Waals surface area contributed by atoms with Gasteiger partial charge in [0.1, 0.15) is 6.17 Å². The van der Waals surface area contributed by atoms with E-state index in [0.717, 1.165) is 4.90 Å². The second-order valence-electron chi connectivity index (χ2n) is 5.68. The molecule has 1 unspecified atom stereocenters. The van der Waals surface area contributed by atoms with Crippen LogP contribution < -0.4 is 0 Å². The highest BCUT2D eigenvalue weighted by Crippen LogP contribution is 2.49. The number of fused-ring (bicyclic) bond motifs is 1. The van der Waals surface area contributed by atoms with Crippen LogP contribution in [0.1, 0.15) is 47.4 Å². The molecule has 1 heterocycles. The summed E-state index contributed by atoms with van der Waals surface area (Å²) in [4.78, 5) is 25.5. The SMILES string of the molecule is CCOP(=O)(CC(F)CCCN1C(=O)c2ccccc2C1=O)OCC. The largest absolute Gasteiger partial charge is 0.333 e. The Kier molecular flexibility index (Phi) is 6.87. The van der Waals surface area contributed by atoms with Gasteiger partial charge in [-0.2, -0.15) is 0 Å². The molecule has 25 heavy (non-hydrogen) atoms. The molecule has 0 radical (unpaired) electrons. The third-order valence-electron chi connectivity index (χ3n) is 3.85. The molecule has 0 fully saturated rings. The van der Waals surface area contributed by atoms with Gasteiger partial charge < -0.3 is 9.05 Å². The van der Waals surface area contributed by atoms with E-state index in [2.05, 4.69) is 0 Å². The van der Waals surface area contributed by atoms with Crippen molar-refractivity contribution in [3.05, 3.63) is 35.4 Å². The minimum Gasteiger partial charge on any atom is -0.309 e. The molecule has 0 N–H and O–H groups in total. The minimum atomic E-state index is -3.44. The molecule has 138 valence electrons. The maximum Gasteiger partial charge on any atom is 0.333 e. The van der Waals surface area contributed by atoms with Crippen LogP contribution in [-0.2, 0) is 13.6 Å². The third kappa shape index (κ3) is 4.75. The van der Waals surface area contributed by atoms with Crippen LogP contribution in [-0.4, -0.2) is 48.8 Å². The summed E-state index contributed by atoms with van der Waals surface area (Å²) in [5.41, 5.74) is 0.753. The monoisotopic (exact) mass is 371 g/mol. The van der Waals surface area contributed by atoms with Crippen LogP contribution in [0.4, 0.5) is 4.39 Å². The van der Waals surface area contributed by atoms with Crippen molar-refractivity contribution in [1.82, 2.24) is 4.90 Å². The average Bonchev–Trinajstić information content (AvgIpc) is 2.80. The van der Waals surface area contributed by atoms with Crippen LogP contribution in [0.25, 0.3) is 0 Å². The maximum atomic E-state index is 14.2. The third-order valence-corrected chi connectivity index (χ3v) is 6.00. The van der Waals surface area contributed by atoms with E-state index in [1.165, 1.54) is 0 Å². The fourth-order valence-corrected chi connectivity index (χ4v) is 4.52. The molecule has 2 amide bonds. The number of carbonyl (C=O) groups excluding carboxylic acids is 2. The van der Waals surface area contributed by atoms with Gasteiger partial charge in [0.05, 0.1) is 30.5 Å². The molecular formula is C17H23FNO5P. The number of amides is 2. The van der Waals surface area contributed by atoms with Crippen LogP contribution in [0, 0.1) is 0 Å². The van der Waals surface area contributed by atoms with Gasteiger partial charge >= 0.3 is 7.60 Å². The molecule has 1 aliphatic rings. The van der Waals surface area contributed by atoms with E-state index in [-0.39, 0.29) is 50.6 Å². The second-order valence-corrected chi connectivity index (χ2v) is 7.78. The standard InChI is InChI=1S/C17H23FNO5P/c1-3-23-25(22,24-4-2)12-13(18)8-7-11-19-16(20)14-9-5-6-10-15(14)17(19)21/h5-6,9-10,13H,3-4,7-8,11-12H2,1-2H3. The fraction of sp³-hybridized carbons (Fsp3) is 0.529. The molecule has 8 heteroatoms. The van der Waals surface area contributed by atoms with Gasteiger partial charge in [0.2, 0.25) is 0 Å². The minimum absolute atomic E-state index is 0.0670. The van der Waals surface area contributed by atoms with Crippen molar-refractivity contribution in [3.63, 3.8) is 0 Å². The number of rotatable bonds is 10. The summed E-state index contributed by atoms with van der Waals surface area (Å²) in [5, 5.41) is 0. The first-order valence-corrected chi connectivity index (χ1v) is 10.1. The van der Waals surface area contributed by atoms with E-state index in [4.69, 9.17) is 9.05 Å². The van der Waals surface area contributed by atoms with Gasteiger partial charge in [-0.3, -0.25) is 19.1 Å².